The average molecular weight is 297 g/mol. The standard InChI is InChI=1S/C18H19NOS/c1-20-12-6-7-18-8-9-19(16(18)10-12)11-14-13-4-2-3-5-15(13)21-17(14)18/h2-7,12,16H,8-11H2,1H3/t12-,16-,18+/m0/s1. The van der Waals surface area contributed by atoms with E-state index in [0.29, 0.717) is 12.1 Å². The Bertz CT molecular complexity index is 749. The van der Waals surface area contributed by atoms with Gasteiger partial charge in [-0.2, -0.15) is 0 Å². The van der Waals surface area contributed by atoms with Gasteiger partial charge in [-0.25, -0.2) is 0 Å². The number of hydrogen-bond acceptors (Lipinski definition) is 3. The molecule has 2 aromatic rings. The number of thiophene rings is 1. The number of methoxy groups -OCH3 is 1. The van der Waals surface area contributed by atoms with E-state index in [1.54, 1.807) is 10.4 Å². The van der Waals surface area contributed by atoms with E-state index in [-0.39, 0.29) is 5.41 Å². The van der Waals surface area contributed by atoms with Crippen LogP contribution in [0.15, 0.2) is 36.4 Å². The zero-order valence-electron chi connectivity index (χ0n) is 12.2. The van der Waals surface area contributed by atoms with Gasteiger partial charge in [-0.3, -0.25) is 4.90 Å². The van der Waals surface area contributed by atoms with Gasteiger partial charge in [-0.15, -0.1) is 11.3 Å². The third-order valence-electron chi connectivity index (χ3n) is 5.70. The van der Waals surface area contributed by atoms with Gasteiger partial charge in [-0.1, -0.05) is 30.4 Å². The lowest BCUT2D eigenvalue weighted by Crippen LogP contribution is -2.48. The summed E-state index contributed by atoms with van der Waals surface area (Å²) in [5.41, 5.74) is 1.84. The Hall–Kier alpha value is -1.16. The third-order valence-corrected chi connectivity index (χ3v) is 7.10. The van der Waals surface area contributed by atoms with Crippen molar-refractivity contribution in [2.24, 2.45) is 0 Å². The van der Waals surface area contributed by atoms with Gasteiger partial charge in [0.15, 0.2) is 0 Å². The van der Waals surface area contributed by atoms with Crippen molar-refractivity contribution in [3.05, 3.63) is 46.9 Å². The molecule has 2 nitrogen and oxygen atoms in total. The molecule has 0 radical (unpaired) electrons. The van der Waals surface area contributed by atoms with Crippen LogP contribution in [0.1, 0.15) is 23.3 Å². The van der Waals surface area contributed by atoms with Crippen LogP contribution in [0.2, 0.25) is 0 Å². The highest BCUT2D eigenvalue weighted by atomic mass is 32.1. The molecule has 0 N–H and O–H groups in total. The highest BCUT2D eigenvalue weighted by Crippen LogP contribution is 2.55. The lowest BCUT2D eigenvalue weighted by Gasteiger charge is -2.44. The van der Waals surface area contributed by atoms with Crippen molar-refractivity contribution in [3.63, 3.8) is 0 Å². The smallest absolute Gasteiger partial charge is 0.0767 e. The van der Waals surface area contributed by atoms with E-state index in [1.165, 1.54) is 23.1 Å². The van der Waals surface area contributed by atoms with E-state index in [2.05, 4.69) is 41.3 Å². The second-order valence-electron chi connectivity index (χ2n) is 6.55. The molecule has 1 fully saturated rings. The molecule has 0 spiro atoms. The molecule has 4 atom stereocenters. The first-order valence-electron chi connectivity index (χ1n) is 7.79. The van der Waals surface area contributed by atoms with Crippen LogP contribution in [0.4, 0.5) is 0 Å². The minimum atomic E-state index is 0.256. The monoisotopic (exact) mass is 297 g/mol. The summed E-state index contributed by atoms with van der Waals surface area (Å²) in [6, 6.07) is 9.54. The number of rotatable bonds is 1. The molecule has 3 aliphatic rings. The minimum Gasteiger partial charge on any atom is -0.377 e. The molecule has 1 saturated heterocycles. The molecule has 2 aliphatic heterocycles. The third kappa shape index (κ3) is 1.49. The van der Waals surface area contributed by atoms with Crippen LogP contribution < -0.4 is 0 Å². The van der Waals surface area contributed by atoms with Crippen molar-refractivity contribution >= 4 is 21.4 Å². The Labute approximate surface area is 129 Å². The second-order valence-corrected chi connectivity index (χ2v) is 7.60. The molecule has 0 amide bonds. The van der Waals surface area contributed by atoms with Crippen molar-refractivity contribution in [1.82, 2.24) is 4.90 Å². The molecule has 1 unspecified atom stereocenters. The van der Waals surface area contributed by atoms with Gasteiger partial charge in [0.05, 0.1) is 6.10 Å². The molecule has 3 heteroatoms. The average Bonchev–Trinajstić information content (AvgIpc) is 3.04. The Balaban J connectivity index is 1.76. The Morgan fingerprint density at radius 1 is 1.33 bits per heavy atom. The van der Waals surface area contributed by atoms with Gasteiger partial charge < -0.3 is 4.74 Å². The van der Waals surface area contributed by atoms with Gasteiger partial charge in [-0.05, 0) is 29.9 Å². The van der Waals surface area contributed by atoms with Crippen molar-refractivity contribution in [3.8, 4) is 0 Å². The fraction of sp³-hybridized carbons (Fsp3) is 0.444. The van der Waals surface area contributed by atoms with Crippen molar-refractivity contribution < 1.29 is 4.74 Å². The van der Waals surface area contributed by atoms with Gasteiger partial charge in [0.25, 0.3) is 0 Å². The van der Waals surface area contributed by atoms with Gasteiger partial charge in [0.2, 0.25) is 0 Å². The number of nitrogens with zero attached hydrogens (tertiary/aromatic N) is 1. The molecule has 1 aromatic heterocycles. The molecule has 3 heterocycles. The summed E-state index contributed by atoms with van der Waals surface area (Å²) in [5.74, 6) is 0. The van der Waals surface area contributed by atoms with Gasteiger partial charge in [0.1, 0.15) is 0 Å². The SMILES string of the molecule is CO[C@H]1C=C[C@]23CCN(Cc4c2sc2ccccc42)[C@H]3C1. The first-order chi connectivity index (χ1) is 10.3. The Morgan fingerprint density at radius 2 is 2.24 bits per heavy atom. The van der Waals surface area contributed by atoms with Crippen LogP contribution in [0.25, 0.3) is 10.1 Å². The van der Waals surface area contributed by atoms with E-state index >= 15 is 0 Å². The molecule has 1 aromatic carbocycles. The van der Waals surface area contributed by atoms with E-state index in [4.69, 9.17) is 4.74 Å². The maximum atomic E-state index is 5.60. The number of benzene rings is 1. The quantitative estimate of drug-likeness (QED) is 0.744. The maximum absolute atomic E-state index is 5.60. The van der Waals surface area contributed by atoms with E-state index in [0.717, 1.165) is 13.0 Å². The lowest BCUT2D eigenvalue weighted by molar-refractivity contribution is 0.0762. The van der Waals surface area contributed by atoms with Crippen molar-refractivity contribution in [2.45, 2.75) is 36.9 Å². The first kappa shape index (κ1) is 12.4. The van der Waals surface area contributed by atoms with Crippen LogP contribution in [0, 0.1) is 0 Å². The number of fused-ring (bicyclic) bond motifs is 3. The predicted octanol–water partition coefficient (Wildman–Crippen LogP) is 3.70. The first-order valence-corrected chi connectivity index (χ1v) is 8.60. The van der Waals surface area contributed by atoms with Crippen molar-refractivity contribution in [1.29, 1.82) is 0 Å². The molecule has 2 bridgehead atoms. The fourth-order valence-corrected chi connectivity index (χ4v) is 6.11. The van der Waals surface area contributed by atoms with Crippen LogP contribution in [-0.2, 0) is 16.7 Å². The minimum absolute atomic E-state index is 0.256. The molecular weight excluding hydrogens is 278 g/mol. The summed E-state index contributed by atoms with van der Waals surface area (Å²) in [4.78, 5) is 4.32. The second kappa shape index (κ2) is 4.19. The molecule has 1 aliphatic carbocycles. The summed E-state index contributed by atoms with van der Waals surface area (Å²) >= 11 is 2.03. The van der Waals surface area contributed by atoms with E-state index in [9.17, 15) is 0 Å². The largest absolute Gasteiger partial charge is 0.377 e. The zero-order chi connectivity index (χ0) is 14.0. The fourth-order valence-electron chi connectivity index (χ4n) is 4.65. The molecule has 5 rings (SSSR count). The maximum Gasteiger partial charge on any atom is 0.0767 e. The van der Waals surface area contributed by atoms with Gasteiger partial charge >= 0.3 is 0 Å². The van der Waals surface area contributed by atoms with Gasteiger partial charge in [0, 0.05) is 41.2 Å². The van der Waals surface area contributed by atoms with Crippen LogP contribution in [0.5, 0.6) is 0 Å². The zero-order valence-corrected chi connectivity index (χ0v) is 13.0. The summed E-state index contributed by atoms with van der Waals surface area (Å²) in [6.07, 6.45) is 7.48. The number of ether oxygens (including phenoxy) is 1. The topological polar surface area (TPSA) is 12.5 Å². The lowest BCUT2D eigenvalue weighted by atomic mass is 9.70. The van der Waals surface area contributed by atoms with Crippen LogP contribution in [-0.4, -0.2) is 30.7 Å². The highest BCUT2D eigenvalue weighted by Gasteiger charge is 2.54. The predicted molar refractivity (Wildman–Crippen MR) is 86.9 cm³/mol. The summed E-state index contributed by atoms with van der Waals surface area (Å²) in [6.45, 7) is 2.34. The van der Waals surface area contributed by atoms with E-state index in [1.807, 2.05) is 18.4 Å². The summed E-state index contributed by atoms with van der Waals surface area (Å²) in [7, 11) is 1.83. The number of hydrogen-bond donors (Lipinski definition) is 0. The molecule has 0 saturated carbocycles. The summed E-state index contributed by atoms with van der Waals surface area (Å²) < 4.78 is 7.05. The Morgan fingerprint density at radius 3 is 3.14 bits per heavy atom. The molecule has 108 valence electrons. The van der Waals surface area contributed by atoms with E-state index < -0.39 is 0 Å². The normalized spacial score (nSPS) is 36.7. The van der Waals surface area contributed by atoms with Crippen LogP contribution >= 0.6 is 11.3 Å². The van der Waals surface area contributed by atoms with Crippen molar-refractivity contribution in [2.75, 3.05) is 13.7 Å². The van der Waals surface area contributed by atoms with Crippen LogP contribution in [0.3, 0.4) is 0 Å². The molecular formula is C18H19NOS. The summed E-state index contributed by atoms with van der Waals surface area (Å²) in [5, 5.41) is 1.48. The highest BCUT2D eigenvalue weighted by molar-refractivity contribution is 7.19. The molecule has 21 heavy (non-hydrogen) atoms. The Kier molecular flexibility index (Phi) is 2.47.